The normalized spacial score (nSPS) is 22.0. The molecule has 1 saturated carbocycles. The first kappa shape index (κ1) is 19.5. The standard InChI is InChI=1S/C21H30N2O4/c1-22(2)21(25)16-10-6-12-18(26-3)20(16)27-14-19(24)23-13-7-9-15-8-4-5-11-17(15)23/h6,10,12,15,17H,4-5,7-9,11,13-14H2,1-3H3. The van der Waals surface area contributed by atoms with E-state index in [2.05, 4.69) is 0 Å². The van der Waals surface area contributed by atoms with Crippen LogP contribution in [-0.4, -0.2) is 62.0 Å². The summed E-state index contributed by atoms with van der Waals surface area (Å²) in [6.07, 6.45) is 7.07. The molecule has 1 heterocycles. The first-order valence-electron chi connectivity index (χ1n) is 9.84. The van der Waals surface area contributed by atoms with Gasteiger partial charge in [-0.3, -0.25) is 9.59 Å². The molecule has 2 atom stereocenters. The van der Waals surface area contributed by atoms with E-state index in [4.69, 9.17) is 9.47 Å². The van der Waals surface area contributed by atoms with Crippen LogP contribution in [0.4, 0.5) is 0 Å². The number of piperidine rings is 1. The largest absolute Gasteiger partial charge is 0.493 e. The minimum Gasteiger partial charge on any atom is -0.493 e. The number of para-hydroxylation sites is 1. The van der Waals surface area contributed by atoms with Crippen LogP contribution in [0.5, 0.6) is 11.5 Å². The molecule has 3 rings (SSSR count). The molecule has 1 aliphatic carbocycles. The second-order valence-electron chi connectivity index (χ2n) is 7.67. The molecule has 0 aromatic heterocycles. The van der Waals surface area contributed by atoms with Gasteiger partial charge in [0.2, 0.25) is 0 Å². The zero-order valence-corrected chi connectivity index (χ0v) is 16.6. The van der Waals surface area contributed by atoms with Crippen LogP contribution in [0, 0.1) is 5.92 Å². The van der Waals surface area contributed by atoms with Gasteiger partial charge in [-0.05, 0) is 43.7 Å². The van der Waals surface area contributed by atoms with E-state index < -0.39 is 0 Å². The van der Waals surface area contributed by atoms with Gasteiger partial charge in [0, 0.05) is 26.7 Å². The maximum absolute atomic E-state index is 12.9. The number of methoxy groups -OCH3 is 1. The molecule has 6 nitrogen and oxygen atoms in total. The van der Waals surface area contributed by atoms with Gasteiger partial charge in [0.05, 0.1) is 12.7 Å². The van der Waals surface area contributed by atoms with Gasteiger partial charge in [0.1, 0.15) is 0 Å². The van der Waals surface area contributed by atoms with Crippen molar-refractivity contribution >= 4 is 11.8 Å². The highest BCUT2D eigenvalue weighted by Crippen LogP contribution is 2.36. The number of carbonyl (C=O) groups excluding carboxylic acids is 2. The molecular weight excluding hydrogens is 344 g/mol. The van der Waals surface area contributed by atoms with Crippen LogP contribution in [0.1, 0.15) is 48.9 Å². The number of benzene rings is 1. The zero-order valence-electron chi connectivity index (χ0n) is 16.6. The fourth-order valence-corrected chi connectivity index (χ4v) is 4.39. The molecule has 27 heavy (non-hydrogen) atoms. The molecule has 2 unspecified atom stereocenters. The third-order valence-electron chi connectivity index (χ3n) is 5.74. The summed E-state index contributed by atoms with van der Waals surface area (Å²) in [7, 11) is 4.91. The lowest BCUT2D eigenvalue weighted by Gasteiger charge is -2.44. The average molecular weight is 374 g/mol. The van der Waals surface area contributed by atoms with Crippen molar-refractivity contribution in [2.75, 3.05) is 34.4 Å². The number of nitrogens with zero attached hydrogens (tertiary/aromatic N) is 2. The molecule has 2 amide bonds. The lowest BCUT2D eigenvalue weighted by atomic mass is 9.78. The number of hydrogen-bond donors (Lipinski definition) is 0. The van der Waals surface area contributed by atoms with Gasteiger partial charge in [-0.15, -0.1) is 0 Å². The fourth-order valence-electron chi connectivity index (χ4n) is 4.39. The van der Waals surface area contributed by atoms with Crippen molar-refractivity contribution in [3.05, 3.63) is 23.8 Å². The number of amides is 2. The van der Waals surface area contributed by atoms with Crippen LogP contribution in [0.2, 0.25) is 0 Å². The molecule has 0 spiro atoms. The van der Waals surface area contributed by atoms with E-state index in [-0.39, 0.29) is 18.4 Å². The molecule has 1 saturated heterocycles. The monoisotopic (exact) mass is 374 g/mol. The highest BCUT2D eigenvalue weighted by molar-refractivity contribution is 5.97. The van der Waals surface area contributed by atoms with Gasteiger partial charge in [0.25, 0.3) is 11.8 Å². The Balaban J connectivity index is 1.74. The number of ether oxygens (including phenoxy) is 2. The highest BCUT2D eigenvalue weighted by atomic mass is 16.5. The van der Waals surface area contributed by atoms with Crippen molar-refractivity contribution in [3.63, 3.8) is 0 Å². The summed E-state index contributed by atoms with van der Waals surface area (Å²) in [4.78, 5) is 28.9. The molecule has 1 aliphatic heterocycles. The highest BCUT2D eigenvalue weighted by Gasteiger charge is 2.35. The number of rotatable bonds is 5. The van der Waals surface area contributed by atoms with Gasteiger partial charge < -0.3 is 19.3 Å². The number of likely N-dealkylation sites (tertiary alicyclic amines) is 1. The lowest BCUT2D eigenvalue weighted by molar-refractivity contribution is -0.139. The fraction of sp³-hybridized carbons (Fsp3) is 0.619. The van der Waals surface area contributed by atoms with Crippen LogP contribution < -0.4 is 9.47 Å². The Morgan fingerprint density at radius 3 is 2.63 bits per heavy atom. The summed E-state index contributed by atoms with van der Waals surface area (Å²) in [5.74, 6) is 1.25. The van der Waals surface area contributed by atoms with Crippen LogP contribution >= 0.6 is 0 Å². The molecule has 1 aromatic rings. The molecule has 2 fully saturated rings. The number of carbonyl (C=O) groups is 2. The Hall–Kier alpha value is -2.24. The molecule has 0 radical (unpaired) electrons. The molecule has 0 bridgehead atoms. The van der Waals surface area contributed by atoms with Crippen molar-refractivity contribution in [1.82, 2.24) is 9.80 Å². The van der Waals surface area contributed by atoms with Crippen LogP contribution in [0.3, 0.4) is 0 Å². The van der Waals surface area contributed by atoms with Gasteiger partial charge >= 0.3 is 0 Å². The minimum absolute atomic E-state index is 0.000702. The Morgan fingerprint density at radius 2 is 1.89 bits per heavy atom. The van der Waals surface area contributed by atoms with E-state index in [1.165, 1.54) is 37.7 Å². The first-order chi connectivity index (χ1) is 13.0. The van der Waals surface area contributed by atoms with E-state index in [0.29, 0.717) is 29.0 Å². The topological polar surface area (TPSA) is 59.1 Å². The zero-order chi connectivity index (χ0) is 19.4. The van der Waals surface area contributed by atoms with E-state index >= 15 is 0 Å². The molecule has 0 N–H and O–H groups in total. The van der Waals surface area contributed by atoms with Gasteiger partial charge in [0.15, 0.2) is 18.1 Å². The SMILES string of the molecule is COc1cccc(C(=O)N(C)C)c1OCC(=O)N1CCCC2CCCCC21. The van der Waals surface area contributed by atoms with Gasteiger partial charge in [-0.25, -0.2) is 0 Å². The quantitative estimate of drug-likeness (QED) is 0.795. The third kappa shape index (κ3) is 4.20. The molecule has 148 valence electrons. The van der Waals surface area contributed by atoms with Crippen LogP contribution in [0.25, 0.3) is 0 Å². The van der Waals surface area contributed by atoms with Gasteiger partial charge in [-0.1, -0.05) is 18.9 Å². The Morgan fingerprint density at radius 1 is 1.15 bits per heavy atom. The van der Waals surface area contributed by atoms with E-state index in [0.717, 1.165) is 19.4 Å². The first-order valence-corrected chi connectivity index (χ1v) is 9.84. The summed E-state index contributed by atoms with van der Waals surface area (Å²) < 4.78 is 11.2. The van der Waals surface area contributed by atoms with Crippen molar-refractivity contribution in [2.24, 2.45) is 5.92 Å². The van der Waals surface area contributed by atoms with E-state index in [9.17, 15) is 9.59 Å². The summed E-state index contributed by atoms with van der Waals surface area (Å²) in [6.45, 7) is 0.732. The summed E-state index contributed by atoms with van der Waals surface area (Å²) in [6, 6.07) is 5.54. The van der Waals surface area contributed by atoms with Crippen molar-refractivity contribution < 1.29 is 19.1 Å². The Labute approximate surface area is 161 Å². The smallest absolute Gasteiger partial charge is 0.260 e. The molecule has 6 heteroatoms. The van der Waals surface area contributed by atoms with Crippen molar-refractivity contribution in [1.29, 1.82) is 0 Å². The van der Waals surface area contributed by atoms with Crippen LogP contribution in [-0.2, 0) is 4.79 Å². The van der Waals surface area contributed by atoms with E-state index in [1.54, 1.807) is 32.3 Å². The maximum Gasteiger partial charge on any atom is 0.260 e. The minimum atomic E-state index is -0.179. The molecular formula is C21H30N2O4. The van der Waals surface area contributed by atoms with Crippen molar-refractivity contribution in [3.8, 4) is 11.5 Å². The second-order valence-corrected chi connectivity index (χ2v) is 7.67. The maximum atomic E-state index is 12.9. The second kappa shape index (κ2) is 8.63. The van der Waals surface area contributed by atoms with Gasteiger partial charge in [-0.2, -0.15) is 0 Å². The summed E-state index contributed by atoms with van der Waals surface area (Å²) in [5.41, 5.74) is 0.404. The lowest BCUT2D eigenvalue weighted by Crippen LogP contribution is -2.51. The third-order valence-corrected chi connectivity index (χ3v) is 5.74. The average Bonchev–Trinajstić information content (AvgIpc) is 2.70. The summed E-state index contributed by atoms with van der Waals surface area (Å²) >= 11 is 0. The predicted molar refractivity (Wildman–Crippen MR) is 103 cm³/mol. The Bertz CT molecular complexity index is 687. The van der Waals surface area contributed by atoms with E-state index in [1.807, 2.05) is 4.90 Å². The summed E-state index contributed by atoms with van der Waals surface area (Å²) in [5, 5.41) is 0. The predicted octanol–water partition coefficient (Wildman–Crippen LogP) is 2.96. The van der Waals surface area contributed by atoms with Crippen LogP contribution in [0.15, 0.2) is 18.2 Å². The Kier molecular flexibility index (Phi) is 6.24. The van der Waals surface area contributed by atoms with Crippen molar-refractivity contribution in [2.45, 2.75) is 44.6 Å². The molecule has 1 aromatic carbocycles. The molecule has 2 aliphatic rings. The number of fused-ring (bicyclic) bond motifs is 1. The number of hydrogen-bond acceptors (Lipinski definition) is 4.